The maximum Gasteiger partial charge on any atom is 0.267 e. The molecule has 136 valence electrons. The average Bonchev–Trinajstić information content (AvgIpc) is 2.68. The molecule has 6 heteroatoms. The van der Waals surface area contributed by atoms with E-state index in [-0.39, 0.29) is 18.1 Å². The predicted molar refractivity (Wildman–Crippen MR) is 95.4 cm³/mol. The second-order valence-electron chi connectivity index (χ2n) is 6.62. The molecule has 0 aliphatic carbocycles. The summed E-state index contributed by atoms with van der Waals surface area (Å²) in [6, 6.07) is 13.1. The van der Waals surface area contributed by atoms with Crippen LogP contribution < -0.4 is 14.2 Å². The number of ether oxygens (including phenoxy) is 3. The Labute approximate surface area is 152 Å². The number of carbonyl (C=O) groups is 1. The van der Waals surface area contributed by atoms with Crippen molar-refractivity contribution < 1.29 is 19.0 Å². The molecule has 6 nitrogen and oxygen atoms in total. The van der Waals surface area contributed by atoms with Gasteiger partial charge in [0, 0.05) is 38.2 Å². The smallest absolute Gasteiger partial charge is 0.267 e. The number of amides is 1. The molecule has 4 rings (SSSR count). The number of piperidine rings is 1. The number of fused-ring (bicyclic) bond motifs is 1. The normalized spacial score (nSPS) is 22.7. The SMILES string of the molecule is C[C@@H]1Oc2ccccc2O[C@@H]1C(=O)N1CCC(Oc2ccccn2)CC1. The summed E-state index contributed by atoms with van der Waals surface area (Å²) in [7, 11) is 0. The van der Waals surface area contributed by atoms with E-state index in [0.29, 0.717) is 30.5 Å². The van der Waals surface area contributed by atoms with Gasteiger partial charge in [0.2, 0.25) is 12.0 Å². The molecule has 0 radical (unpaired) electrons. The Kier molecular flexibility index (Phi) is 4.65. The lowest BCUT2D eigenvalue weighted by Crippen LogP contribution is -2.53. The molecule has 0 N–H and O–H groups in total. The number of rotatable bonds is 3. The lowest BCUT2D eigenvalue weighted by molar-refractivity contribution is -0.146. The monoisotopic (exact) mass is 354 g/mol. The summed E-state index contributed by atoms with van der Waals surface area (Å²) in [6.45, 7) is 3.16. The Hall–Kier alpha value is -2.76. The zero-order valence-corrected chi connectivity index (χ0v) is 14.7. The van der Waals surface area contributed by atoms with Crippen molar-refractivity contribution in [3.05, 3.63) is 48.7 Å². The van der Waals surface area contributed by atoms with Crippen LogP contribution in [0.15, 0.2) is 48.7 Å². The maximum absolute atomic E-state index is 12.9. The third-order valence-electron chi connectivity index (χ3n) is 4.76. The van der Waals surface area contributed by atoms with Crippen LogP contribution in [0.3, 0.4) is 0 Å². The highest BCUT2D eigenvalue weighted by Crippen LogP contribution is 2.34. The summed E-state index contributed by atoms with van der Waals surface area (Å²) in [5, 5.41) is 0. The van der Waals surface area contributed by atoms with Gasteiger partial charge in [-0.1, -0.05) is 18.2 Å². The molecule has 1 fully saturated rings. The summed E-state index contributed by atoms with van der Waals surface area (Å²) >= 11 is 0. The van der Waals surface area contributed by atoms with Gasteiger partial charge in [-0.25, -0.2) is 4.98 Å². The fourth-order valence-electron chi connectivity index (χ4n) is 3.35. The Balaban J connectivity index is 1.35. The first-order valence-corrected chi connectivity index (χ1v) is 8.99. The van der Waals surface area contributed by atoms with Gasteiger partial charge in [-0.3, -0.25) is 4.79 Å². The minimum atomic E-state index is -0.613. The van der Waals surface area contributed by atoms with Gasteiger partial charge < -0.3 is 19.1 Å². The third-order valence-corrected chi connectivity index (χ3v) is 4.76. The van der Waals surface area contributed by atoms with E-state index in [2.05, 4.69) is 4.98 Å². The van der Waals surface area contributed by atoms with Gasteiger partial charge in [0.1, 0.15) is 12.2 Å². The predicted octanol–water partition coefficient (Wildman–Crippen LogP) is 2.68. The molecule has 0 spiro atoms. The van der Waals surface area contributed by atoms with E-state index in [1.165, 1.54) is 0 Å². The van der Waals surface area contributed by atoms with Gasteiger partial charge in [0.05, 0.1) is 0 Å². The topological polar surface area (TPSA) is 60.9 Å². The fraction of sp³-hybridized carbons (Fsp3) is 0.400. The number of aromatic nitrogens is 1. The first kappa shape index (κ1) is 16.7. The van der Waals surface area contributed by atoms with Crippen LogP contribution in [-0.4, -0.2) is 47.2 Å². The molecular formula is C20H22N2O4. The highest BCUT2D eigenvalue weighted by Gasteiger charge is 2.38. The minimum Gasteiger partial charge on any atom is -0.482 e. The van der Waals surface area contributed by atoms with Gasteiger partial charge in [-0.15, -0.1) is 0 Å². The molecule has 1 amide bonds. The van der Waals surface area contributed by atoms with Gasteiger partial charge in [0.15, 0.2) is 11.5 Å². The fourth-order valence-corrected chi connectivity index (χ4v) is 3.35. The van der Waals surface area contributed by atoms with Crippen LogP contribution in [0.5, 0.6) is 17.4 Å². The van der Waals surface area contributed by atoms with Crippen LogP contribution >= 0.6 is 0 Å². The van der Waals surface area contributed by atoms with Crippen molar-refractivity contribution in [3.8, 4) is 17.4 Å². The van der Waals surface area contributed by atoms with E-state index in [1.54, 1.807) is 6.20 Å². The third kappa shape index (κ3) is 3.45. The van der Waals surface area contributed by atoms with Crippen LogP contribution in [0.1, 0.15) is 19.8 Å². The van der Waals surface area contributed by atoms with Crippen LogP contribution in [0.2, 0.25) is 0 Å². The van der Waals surface area contributed by atoms with E-state index in [1.807, 2.05) is 54.3 Å². The molecule has 1 aromatic heterocycles. The zero-order valence-electron chi connectivity index (χ0n) is 14.7. The van der Waals surface area contributed by atoms with Gasteiger partial charge in [-0.05, 0) is 25.1 Å². The second kappa shape index (κ2) is 7.23. The lowest BCUT2D eigenvalue weighted by Gasteiger charge is -2.37. The summed E-state index contributed by atoms with van der Waals surface area (Å²) in [4.78, 5) is 18.9. The Morgan fingerprint density at radius 3 is 2.46 bits per heavy atom. The summed E-state index contributed by atoms with van der Waals surface area (Å²) in [5.41, 5.74) is 0. The van der Waals surface area contributed by atoms with Gasteiger partial charge >= 0.3 is 0 Å². The van der Waals surface area contributed by atoms with Crippen molar-refractivity contribution >= 4 is 5.91 Å². The standard InChI is InChI=1S/C20H22N2O4/c1-14-19(26-17-7-3-2-6-16(17)24-14)20(23)22-12-9-15(10-13-22)25-18-8-4-5-11-21-18/h2-8,11,14-15,19H,9-10,12-13H2,1H3/t14-,19-/m0/s1. The van der Waals surface area contributed by atoms with Crippen molar-refractivity contribution in [2.24, 2.45) is 0 Å². The van der Waals surface area contributed by atoms with E-state index in [4.69, 9.17) is 14.2 Å². The molecule has 3 heterocycles. The molecule has 2 aliphatic heterocycles. The van der Waals surface area contributed by atoms with E-state index >= 15 is 0 Å². The number of carbonyl (C=O) groups excluding carboxylic acids is 1. The molecule has 2 aromatic rings. The molecule has 26 heavy (non-hydrogen) atoms. The van der Waals surface area contributed by atoms with E-state index in [9.17, 15) is 4.79 Å². The number of nitrogens with zero attached hydrogens (tertiary/aromatic N) is 2. The summed E-state index contributed by atoms with van der Waals surface area (Å²) in [5.74, 6) is 1.92. The molecule has 1 saturated heterocycles. The Bertz CT molecular complexity index is 759. The minimum absolute atomic E-state index is 0.0247. The molecule has 2 atom stereocenters. The van der Waals surface area contributed by atoms with E-state index < -0.39 is 6.10 Å². The molecular weight excluding hydrogens is 332 g/mol. The van der Waals surface area contributed by atoms with Crippen molar-refractivity contribution in [1.82, 2.24) is 9.88 Å². The van der Waals surface area contributed by atoms with Gasteiger partial charge in [-0.2, -0.15) is 0 Å². The molecule has 0 bridgehead atoms. The molecule has 0 saturated carbocycles. The second-order valence-corrected chi connectivity index (χ2v) is 6.62. The Morgan fingerprint density at radius 1 is 1.08 bits per heavy atom. The summed E-state index contributed by atoms with van der Waals surface area (Å²) in [6.07, 6.45) is 2.42. The highest BCUT2D eigenvalue weighted by atomic mass is 16.6. The van der Waals surface area contributed by atoms with Crippen molar-refractivity contribution in [3.63, 3.8) is 0 Å². The van der Waals surface area contributed by atoms with Crippen molar-refractivity contribution in [2.45, 2.75) is 38.1 Å². The number of hydrogen-bond donors (Lipinski definition) is 0. The number of likely N-dealkylation sites (tertiary alicyclic amines) is 1. The van der Waals surface area contributed by atoms with Crippen molar-refractivity contribution in [1.29, 1.82) is 0 Å². The maximum atomic E-state index is 12.9. The number of hydrogen-bond acceptors (Lipinski definition) is 5. The first-order valence-electron chi connectivity index (χ1n) is 8.99. The van der Waals surface area contributed by atoms with Crippen LogP contribution in [-0.2, 0) is 4.79 Å². The molecule has 1 aromatic carbocycles. The molecule has 2 aliphatic rings. The number of benzene rings is 1. The largest absolute Gasteiger partial charge is 0.482 e. The zero-order chi connectivity index (χ0) is 17.9. The Morgan fingerprint density at radius 2 is 1.77 bits per heavy atom. The quantitative estimate of drug-likeness (QED) is 0.848. The van der Waals surface area contributed by atoms with E-state index in [0.717, 1.165) is 12.8 Å². The van der Waals surface area contributed by atoms with Crippen LogP contribution in [0, 0.1) is 0 Å². The van der Waals surface area contributed by atoms with Crippen LogP contribution in [0.4, 0.5) is 0 Å². The molecule has 0 unspecified atom stereocenters. The average molecular weight is 354 g/mol. The van der Waals surface area contributed by atoms with Crippen molar-refractivity contribution in [2.75, 3.05) is 13.1 Å². The van der Waals surface area contributed by atoms with Gasteiger partial charge in [0.25, 0.3) is 5.91 Å². The van der Waals surface area contributed by atoms with Crippen LogP contribution in [0.25, 0.3) is 0 Å². The number of pyridine rings is 1. The number of para-hydroxylation sites is 2. The highest BCUT2D eigenvalue weighted by molar-refractivity contribution is 5.82. The summed E-state index contributed by atoms with van der Waals surface area (Å²) < 4.78 is 17.7. The lowest BCUT2D eigenvalue weighted by atomic mass is 10.1. The first-order chi connectivity index (χ1) is 12.7.